The van der Waals surface area contributed by atoms with Gasteiger partial charge in [-0.1, -0.05) is 42.5 Å². The van der Waals surface area contributed by atoms with E-state index in [-0.39, 0.29) is 0 Å². The molecule has 0 aliphatic carbocycles. The van der Waals surface area contributed by atoms with Crippen LogP contribution in [0.4, 0.5) is 0 Å². The van der Waals surface area contributed by atoms with Gasteiger partial charge in [0.05, 0.1) is 6.61 Å². The third-order valence-corrected chi connectivity index (χ3v) is 4.80. The lowest BCUT2D eigenvalue weighted by Gasteiger charge is -2.21. The van der Waals surface area contributed by atoms with E-state index in [2.05, 4.69) is 59.6 Å². The maximum Gasteiger partial charge on any atom is 0.193 e. The van der Waals surface area contributed by atoms with E-state index in [0.29, 0.717) is 5.92 Å². The molecule has 1 heterocycles. The van der Waals surface area contributed by atoms with Crippen molar-refractivity contribution in [2.75, 3.05) is 39.9 Å². The number of hydrogen-bond donors (Lipinski definition) is 1. The average Bonchev–Trinajstić information content (AvgIpc) is 3.10. The SMILES string of the molecule is CCNC(=NCCc1ccc2ccccc2c1)N1CCC(COC)C1. The fourth-order valence-corrected chi connectivity index (χ4v) is 3.51. The van der Waals surface area contributed by atoms with Crippen molar-refractivity contribution in [2.24, 2.45) is 10.9 Å². The molecule has 25 heavy (non-hydrogen) atoms. The largest absolute Gasteiger partial charge is 0.384 e. The van der Waals surface area contributed by atoms with Crippen LogP contribution >= 0.6 is 0 Å². The van der Waals surface area contributed by atoms with Crippen LogP contribution in [-0.2, 0) is 11.2 Å². The molecule has 1 N–H and O–H groups in total. The highest BCUT2D eigenvalue weighted by molar-refractivity contribution is 5.83. The highest BCUT2D eigenvalue weighted by Crippen LogP contribution is 2.17. The van der Waals surface area contributed by atoms with E-state index in [1.165, 1.54) is 22.8 Å². The Morgan fingerprint density at radius 1 is 1.24 bits per heavy atom. The summed E-state index contributed by atoms with van der Waals surface area (Å²) < 4.78 is 5.30. The van der Waals surface area contributed by atoms with E-state index in [4.69, 9.17) is 9.73 Å². The van der Waals surface area contributed by atoms with Crippen molar-refractivity contribution < 1.29 is 4.74 Å². The molecule has 3 rings (SSSR count). The molecule has 1 aliphatic rings. The number of ether oxygens (including phenoxy) is 1. The molecule has 0 radical (unpaired) electrons. The monoisotopic (exact) mass is 339 g/mol. The smallest absolute Gasteiger partial charge is 0.193 e. The summed E-state index contributed by atoms with van der Waals surface area (Å²) in [5.41, 5.74) is 1.34. The minimum Gasteiger partial charge on any atom is -0.384 e. The summed E-state index contributed by atoms with van der Waals surface area (Å²) in [6.45, 7) is 6.78. The molecule has 1 aliphatic heterocycles. The molecule has 0 amide bonds. The molecule has 2 aromatic rings. The van der Waals surface area contributed by atoms with Gasteiger partial charge in [0.25, 0.3) is 0 Å². The lowest BCUT2D eigenvalue weighted by Crippen LogP contribution is -2.40. The van der Waals surface area contributed by atoms with Crippen molar-refractivity contribution in [2.45, 2.75) is 19.8 Å². The Kier molecular flexibility index (Phi) is 6.29. The van der Waals surface area contributed by atoms with Crippen LogP contribution in [0.3, 0.4) is 0 Å². The van der Waals surface area contributed by atoms with Crippen molar-refractivity contribution in [1.29, 1.82) is 0 Å². The van der Waals surface area contributed by atoms with Gasteiger partial charge >= 0.3 is 0 Å². The lowest BCUT2D eigenvalue weighted by atomic mass is 10.1. The van der Waals surface area contributed by atoms with Crippen molar-refractivity contribution in [1.82, 2.24) is 10.2 Å². The van der Waals surface area contributed by atoms with Crippen LogP contribution in [-0.4, -0.2) is 50.8 Å². The van der Waals surface area contributed by atoms with Crippen LogP contribution in [0.2, 0.25) is 0 Å². The maximum atomic E-state index is 5.30. The van der Waals surface area contributed by atoms with Gasteiger partial charge in [0, 0.05) is 39.2 Å². The van der Waals surface area contributed by atoms with Gasteiger partial charge < -0.3 is 15.0 Å². The number of aliphatic imine (C=N–C) groups is 1. The molecule has 0 bridgehead atoms. The zero-order valence-corrected chi connectivity index (χ0v) is 15.4. The van der Waals surface area contributed by atoms with Crippen LogP contribution in [0.1, 0.15) is 18.9 Å². The Labute approximate surface area is 150 Å². The normalized spacial score (nSPS) is 18.1. The first-order valence-electron chi connectivity index (χ1n) is 9.30. The van der Waals surface area contributed by atoms with E-state index < -0.39 is 0 Å². The van der Waals surface area contributed by atoms with Crippen LogP contribution in [0.25, 0.3) is 10.8 Å². The van der Waals surface area contributed by atoms with Crippen LogP contribution in [0.15, 0.2) is 47.5 Å². The molecule has 1 atom stereocenters. The zero-order chi connectivity index (χ0) is 17.5. The first kappa shape index (κ1) is 17.7. The lowest BCUT2D eigenvalue weighted by molar-refractivity contribution is 0.157. The quantitative estimate of drug-likeness (QED) is 0.648. The summed E-state index contributed by atoms with van der Waals surface area (Å²) in [5, 5.41) is 6.04. The summed E-state index contributed by atoms with van der Waals surface area (Å²) in [6, 6.07) is 15.2. The summed E-state index contributed by atoms with van der Waals surface area (Å²) in [5.74, 6) is 1.66. The minimum atomic E-state index is 0.620. The summed E-state index contributed by atoms with van der Waals surface area (Å²) in [4.78, 5) is 7.22. The molecular formula is C21H29N3O. The minimum absolute atomic E-state index is 0.620. The fourth-order valence-electron chi connectivity index (χ4n) is 3.51. The third-order valence-electron chi connectivity index (χ3n) is 4.80. The number of fused-ring (bicyclic) bond motifs is 1. The number of hydrogen-bond acceptors (Lipinski definition) is 2. The van der Waals surface area contributed by atoms with Gasteiger partial charge in [-0.2, -0.15) is 0 Å². The fraction of sp³-hybridized carbons (Fsp3) is 0.476. The molecule has 0 spiro atoms. The molecule has 134 valence electrons. The molecule has 0 saturated carbocycles. The second-order valence-electron chi connectivity index (χ2n) is 6.72. The molecule has 1 unspecified atom stereocenters. The summed E-state index contributed by atoms with van der Waals surface area (Å²) >= 11 is 0. The molecule has 2 aromatic carbocycles. The predicted molar refractivity (Wildman–Crippen MR) is 105 cm³/mol. The number of nitrogens with one attached hydrogen (secondary N) is 1. The van der Waals surface area contributed by atoms with Gasteiger partial charge in [-0.05, 0) is 36.1 Å². The third kappa shape index (κ3) is 4.73. The number of guanidine groups is 1. The molecule has 4 nitrogen and oxygen atoms in total. The van der Waals surface area contributed by atoms with Crippen molar-refractivity contribution in [3.63, 3.8) is 0 Å². The topological polar surface area (TPSA) is 36.9 Å². The predicted octanol–water partition coefficient (Wildman–Crippen LogP) is 3.32. The summed E-state index contributed by atoms with van der Waals surface area (Å²) in [7, 11) is 1.78. The highest BCUT2D eigenvalue weighted by Gasteiger charge is 2.24. The number of benzene rings is 2. The number of methoxy groups -OCH3 is 1. The Bertz CT molecular complexity index is 713. The van der Waals surface area contributed by atoms with Gasteiger partial charge in [0.2, 0.25) is 0 Å². The van der Waals surface area contributed by atoms with E-state index >= 15 is 0 Å². The second-order valence-corrected chi connectivity index (χ2v) is 6.72. The average molecular weight is 339 g/mol. The van der Waals surface area contributed by atoms with Gasteiger partial charge in [-0.25, -0.2) is 0 Å². The Morgan fingerprint density at radius 3 is 2.88 bits per heavy atom. The van der Waals surface area contributed by atoms with E-state index in [1.807, 2.05) is 0 Å². The Morgan fingerprint density at radius 2 is 2.08 bits per heavy atom. The first-order chi connectivity index (χ1) is 12.3. The van der Waals surface area contributed by atoms with Gasteiger partial charge in [0.15, 0.2) is 5.96 Å². The van der Waals surface area contributed by atoms with Gasteiger partial charge in [-0.3, -0.25) is 4.99 Å². The first-order valence-corrected chi connectivity index (χ1v) is 9.30. The van der Waals surface area contributed by atoms with Gasteiger partial charge in [-0.15, -0.1) is 0 Å². The molecule has 1 saturated heterocycles. The molecule has 4 heteroatoms. The Balaban J connectivity index is 1.61. The summed E-state index contributed by atoms with van der Waals surface area (Å²) in [6.07, 6.45) is 2.15. The van der Waals surface area contributed by atoms with Crippen molar-refractivity contribution in [3.8, 4) is 0 Å². The van der Waals surface area contributed by atoms with Crippen LogP contribution in [0.5, 0.6) is 0 Å². The highest BCUT2D eigenvalue weighted by atomic mass is 16.5. The Hall–Kier alpha value is -2.07. The van der Waals surface area contributed by atoms with E-state index in [9.17, 15) is 0 Å². The van der Waals surface area contributed by atoms with E-state index in [1.54, 1.807) is 7.11 Å². The van der Waals surface area contributed by atoms with Crippen LogP contribution < -0.4 is 5.32 Å². The molecular weight excluding hydrogens is 310 g/mol. The number of likely N-dealkylation sites (tertiary alicyclic amines) is 1. The standard InChI is InChI=1S/C21H29N3O/c1-3-22-21(24-13-11-18(15-24)16-25-2)23-12-10-17-8-9-19-6-4-5-7-20(19)14-17/h4-9,14,18H,3,10-13,15-16H2,1-2H3,(H,22,23). The second kappa shape index (κ2) is 8.86. The van der Waals surface area contributed by atoms with Crippen molar-refractivity contribution in [3.05, 3.63) is 48.0 Å². The molecule has 1 fully saturated rings. The van der Waals surface area contributed by atoms with Crippen molar-refractivity contribution >= 4 is 16.7 Å². The zero-order valence-electron chi connectivity index (χ0n) is 15.4. The maximum absolute atomic E-state index is 5.30. The van der Waals surface area contributed by atoms with E-state index in [0.717, 1.165) is 45.2 Å². The number of nitrogens with zero attached hydrogens (tertiary/aromatic N) is 2. The number of rotatable bonds is 6. The molecule has 0 aromatic heterocycles. The van der Waals surface area contributed by atoms with Gasteiger partial charge in [0.1, 0.15) is 0 Å². The van der Waals surface area contributed by atoms with Crippen LogP contribution in [0, 0.1) is 5.92 Å².